The smallest absolute Gasteiger partial charge is 0.227 e. The quantitative estimate of drug-likeness (QED) is 0.806. The average Bonchev–Trinajstić information content (AvgIpc) is 3.02. The van der Waals surface area contributed by atoms with Gasteiger partial charge in [-0.1, -0.05) is 12.1 Å². The predicted octanol–water partition coefficient (Wildman–Crippen LogP) is 2.51. The molecule has 26 heavy (non-hydrogen) atoms. The van der Waals surface area contributed by atoms with Crippen molar-refractivity contribution in [2.24, 2.45) is 5.92 Å². The lowest BCUT2D eigenvalue weighted by molar-refractivity contribution is -0.126. The highest BCUT2D eigenvalue weighted by Gasteiger charge is 2.35. The van der Waals surface area contributed by atoms with E-state index >= 15 is 0 Å². The van der Waals surface area contributed by atoms with Crippen molar-refractivity contribution < 1.29 is 23.1 Å². The number of carbonyl (C=O) groups excluding carboxylic acids is 2. The Bertz CT molecular complexity index is 796. The summed E-state index contributed by atoms with van der Waals surface area (Å²) in [6, 6.07) is 11.6. The van der Waals surface area contributed by atoms with Crippen LogP contribution in [0, 0.1) is 17.6 Å². The van der Waals surface area contributed by atoms with Crippen LogP contribution in [-0.2, 0) is 9.59 Å². The van der Waals surface area contributed by atoms with Crippen LogP contribution in [0.4, 0.5) is 14.5 Å². The Morgan fingerprint density at radius 2 is 1.88 bits per heavy atom. The number of rotatable bonds is 6. The number of hydrogen-bond donors (Lipinski definition) is 1. The van der Waals surface area contributed by atoms with Crippen LogP contribution in [0.1, 0.15) is 6.42 Å². The molecule has 2 amide bonds. The van der Waals surface area contributed by atoms with Crippen LogP contribution < -0.4 is 15.0 Å². The summed E-state index contributed by atoms with van der Waals surface area (Å²) < 4.78 is 32.0. The molecule has 1 aliphatic heterocycles. The Morgan fingerprint density at radius 1 is 1.15 bits per heavy atom. The minimum Gasteiger partial charge on any atom is -0.492 e. The van der Waals surface area contributed by atoms with Crippen molar-refractivity contribution in [2.45, 2.75) is 6.42 Å². The number of benzene rings is 2. The molecule has 1 saturated heterocycles. The molecule has 7 heteroatoms. The molecule has 5 nitrogen and oxygen atoms in total. The lowest BCUT2D eigenvalue weighted by Crippen LogP contribution is -2.35. The molecule has 2 aromatic carbocycles. The summed E-state index contributed by atoms with van der Waals surface area (Å²) in [6.45, 7) is 0.611. The molecule has 0 radical (unpaired) electrons. The summed E-state index contributed by atoms with van der Waals surface area (Å²) in [5.74, 6) is -1.43. The van der Waals surface area contributed by atoms with Crippen molar-refractivity contribution in [2.75, 3.05) is 24.6 Å². The number of amides is 2. The maximum atomic E-state index is 13.8. The first kappa shape index (κ1) is 17.8. The molecule has 3 rings (SSSR count). The minimum absolute atomic E-state index is 0.0407. The molecule has 0 saturated carbocycles. The molecule has 0 aromatic heterocycles. The molecule has 1 aliphatic rings. The van der Waals surface area contributed by atoms with Crippen molar-refractivity contribution in [3.8, 4) is 5.75 Å². The Labute approximate surface area is 149 Å². The van der Waals surface area contributed by atoms with Gasteiger partial charge in [-0.3, -0.25) is 9.59 Å². The average molecular weight is 360 g/mol. The first-order valence-electron chi connectivity index (χ1n) is 8.25. The van der Waals surface area contributed by atoms with Gasteiger partial charge >= 0.3 is 0 Å². The van der Waals surface area contributed by atoms with Gasteiger partial charge in [0.1, 0.15) is 24.0 Å². The zero-order valence-corrected chi connectivity index (χ0v) is 14.0. The number of carbonyl (C=O) groups is 2. The topological polar surface area (TPSA) is 58.6 Å². The molecule has 0 bridgehead atoms. The fourth-order valence-electron chi connectivity index (χ4n) is 2.80. The number of nitrogens with one attached hydrogen (secondary N) is 1. The van der Waals surface area contributed by atoms with E-state index in [0.29, 0.717) is 5.75 Å². The van der Waals surface area contributed by atoms with Crippen molar-refractivity contribution in [3.05, 3.63) is 60.2 Å². The molecule has 0 spiro atoms. The van der Waals surface area contributed by atoms with Gasteiger partial charge in [0.05, 0.1) is 18.2 Å². The van der Waals surface area contributed by atoms with Gasteiger partial charge in [-0.2, -0.15) is 0 Å². The minimum atomic E-state index is -0.534. The van der Waals surface area contributed by atoms with Gasteiger partial charge in [0.2, 0.25) is 11.8 Å². The van der Waals surface area contributed by atoms with Gasteiger partial charge in [-0.05, 0) is 36.4 Å². The zero-order valence-electron chi connectivity index (χ0n) is 14.0. The number of anilines is 1. The Kier molecular flexibility index (Phi) is 5.46. The fourth-order valence-corrected chi connectivity index (χ4v) is 2.80. The summed E-state index contributed by atoms with van der Waals surface area (Å²) in [6.07, 6.45) is 0.0407. The second-order valence-electron chi connectivity index (χ2n) is 5.95. The molecule has 1 unspecified atom stereocenters. The van der Waals surface area contributed by atoms with E-state index in [1.807, 2.05) is 0 Å². The third-order valence-electron chi connectivity index (χ3n) is 4.12. The number of para-hydroxylation sites is 1. The maximum Gasteiger partial charge on any atom is 0.227 e. The summed E-state index contributed by atoms with van der Waals surface area (Å²) in [5.41, 5.74) is 0.187. The van der Waals surface area contributed by atoms with E-state index in [0.717, 1.165) is 0 Å². The van der Waals surface area contributed by atoms with Gasteiger partial charge in [-0.15, -0.1) is 0 Å². The largest absolute Gasteiger partial charge is 0.492 e. The first-order chi connectivity index (χ1) is 12.5. The summed E-state index contributed by atoms with van der Waals surface area (Å²) in [7, 11) is 0. The van der Waals surface area contributed by atoms with Gasteiger partial charge < -0.3 is 15.0 Å². The zero-order chi connectivity index (χ0) is 18.5. The van der Waals surface area contributed by atoms with E-state index in [1.165, 1.54) is 41.3 Å². The first-order valence-corrected chi connectivity index (χ1v) is 8.25. The molecule has 1 heterocycles. The van der Waals surface area contributed by atoms with Crippen LogP contribution in [0.25, 0.3) is 0 Å². The van der Waals surface area contributed by atoms with E-state index in [4.69, 9.17) is 4.74 Å². The molecule has 1 N–H and O–H groups in total. The third-order valence-corrected chi connectivity index (χ3v) is 4.12. The lowest BCUT2D eigenvalue weighted by atomic mass is 10.1. The predicted molar refractivity (Wildman–Crippen MR) is 91.8 cm³/mol. The normalized spacial score (nSPS) is 16.6. The monoisotopic (exact) mass is 360 g/mol. The number of nitrogens with zero attached hydrogens (tertiary/aromatic N) is 1. The second-order valence-corrected chi connectivity index (χ2v) is 5.95. The van der Waals surface area contributed by atoms with Crippen LogP contribution in [0.2, 0.25) is 0 Å². The SMILES string of the molecule is O=C(NCCOc1ccc(F)cc1)C1CC(=O)N(c2ccccc2F)C1. The highest BCUT2D eigenvalue weighted by molar-refractivity contribution is 6.00. The molecule has 1 atom stereocenters. The highest BCUT2D eigenvalue weighted by atomic mass is 19.1. The van der Waals surface area contributed by atoms with Gasteiger partial charge in [0, 0.05) is 13.0 Å². The van der Waals surface area contributed by atoms with Crippen molar-refractivity contribution in [1.82, 2.24) is 5.32 Å². The second kappa shape index (κ2) is 7.95. The Hall–Kier alpha value is -2.96. The molecular formula is C19H18F2N2O3. The van der Waals surface area contributed by atoms with Crippen LogP contribution >= 0.6 is 0 Å². The summed E-state index contributed by atoms with van der Waals surface area (Å²) in [4.78, 5) is 25.6. The van der Waals surface area contributed by atoms with Gasteiger partial charge in [0.15, 0.2) is 0 Å². The van der Waals surface area contributed by atoms with Crippen LogP contribution in [0.15, 0.2) is 48.5 Å². The third kappa shape index (κ3) is 4.17. The number of ether oxygens (including phenoxy) is 1. The Balaban J connectivity index is 1.47. The molecule has 2 aromatic rings. The van der Waals surface area contributed by atoms with E-state index in [1.54, 1.807) is 12.1 Å². The van der Waals surface area contributed by atoms with Crippen molar-refractivity contribution >= 4 is 17.5 Å². The molecule has 0 aliphatic carbocycles. The van der Waals surface area contributed by atoms with Gasteiger partial charge in [-0.25, -0.2) is 8.78 Å². The summed E-state index contributed by atoms with van der Waals surface area (Å²) >= 11 is 0. The van der Waals surface area contributed by atoms with E-state index < -0.39 is 11.7 Å². The fraction of sp³-hybridized carbons (Fsp3) is 0.263. The van der Waals surface area contributed by atoms with E-state index in [-0.39, 0.29) is 49.4 Å². The van der Waals surface area contributed by atoms with Crippen LogP contribution in [0.5, 0.6) is 5.75 Å². The van der Waals surface area contributed by atoms with Gasteiger partial charge in [0.25, 0.3) is 0 Å². The Morgan fingerprint density at radius 3 is 2.62 bits per heavy atom. The number of hydrogen-bond acceptors (Lipinski definition) is 3. The summed E-state index contributed by atoms with van der Waals surface area (Å²) in [5, 5.41) is 2.70. The van der Waals surface area contributed by atoms with Crippen molar-refractivity contribution in [1.29, 1.82) is 0 Å². The van der Waals surface area contributed by atoms with Crippen LogP contribution in [0.3, 0.4) is 0 Å². The molecular weight excluding hydrogens is 342 g/mol. The van der Waals surface area contributed by atoms with Crippen LogP contribution in [-0.4, -0.2) is 31.5 Å². The van der Waals surface area contributed by atoms with E-state index in [2.05, 4.69) is 5.32 Å². The highest BCUT2D eigenvalue weighted by Crippen LogP contribution is 2.27. The van der Waals surface area contributed by atoms with Crippen molar-refractivity contribution in [3.63, 3.8) is 0 Å². The maximum absolute atomic E-state index is 13.8. The molecule has 136 valence electrons. The lowest BCUT2D eigenvalue weighted by Gasteiger charge is -2.17. The number of halogens is 2. The van der Waals surface area contributed by atoms with E-state index in [9.17, 15) is 18.4 Å². The standard InChI is InChI=1S/C19H18F2N2O3/c20-14-5-7-15(8-6-14)26-10-9-22-19(25)13-11-18(24)23(12-13)17-4-2-1-3-16(17)21/h1-8,13H,9-12H2,(H,22,25). The molecule has 1 fully saturated rings.